The lowest BCUT2D eigenvalue weighted by Gasteiger charge is -2.15. The Labute approximate surface area is 123 Å². The van der Waals surface area contributed by atoms with Gasteiger partial charge in [-0.25, -0.2) is 4.98 Å². The summed E-state index contributed by atoms with van der Waals surface area (Å²) in [5.74, 6) is 2.33. The third kappa shape index (κ3) is 3.10. The molecule has 1 aromatic heterocycles. The molecule has 0 fully saturated rings. The van der Waals surface area contributed by atoms with E-state index in [-0.39, 0.29) is 0 Å². The number of anilines is 3. The zero-order valence-electron chi connectivity index (χ0n) is 12.6. The maximum atomic E-state index is 5.88. The van der Waals surface area contributed by atoms with E-state index in [4.69, 9.17) is 19.9 Å². The number of nitrogens with two attached hydrogens (primary N) is 1. The largest absolute Gasteiger partial charge is 0.493 e. The van der Waals surface area contributed by atoms with E-state index >= 15 is 0 Å². The molecule has 0 amide bonds. The van der Waals surface area contributed by atoms with Crippen LogP contribution < -0.4 is 25.3 Å². The first-order valence-corrected chi connectivity index (χ1v) is 6.38. The van der Waals surface area contributed by atoms with Crippen molar-refractivity contribution < 1.29 is 14.2 Å². The Morgan fingerprint density at radius 3 is 2.10 bits per heavy atom. The molecule has 0 spiro atoms. The summed E-state index contributed by atoms with van der Waals surface area (Å²) in [6, 6.07) is 5.39. The number of benzene rings is 1. The number of nitrogens with one attached hydrogen (secondary N) is 1. The van der Waals surface area contributed by atoms with Crippen molar-refractivity contribution in [2.24, 2.45) is 0 Å². The van der Waals surface area contributed by atoms with Crippen LogP contribution in [0.15, 0.2) is 24.4 Å². The van der Waals surface area contributed by atoms with Crippen LogP contribution >= 0.6 is 0 Å². The summed E-state index contributed by atoms with van der Waals surface area (Å²) in [7, 11) is 4.71. The molecule has 6 nitrogen and oxygen atoms in total. The van der Waals surface area contributed by atoms with Crippen molar-refractivity contribution in [3.63, 3.8) is 0 Å². The second-order valence-electron chi connectivity index (χ2n) is 4.47. The lowest BCUT2D eigenvalue weighted by atomic mass is 10.2. The summed E-state index contributed by atoms with van der Waals surface area (Å²) >= 11 is 0. The van der Waals surface area contributed by atoms with E-state index in [1.807, 2.05) is 6.92 Å². The molecule has 0 aliphatic heterocycles. The van der Waals surface area contributed by atoms with Gasteiger partial charge in [0.2, 0.25) is 5.75 Å². The SMILES string of the molecule is COc1cc(Nc2cc(N)c(C)cn2)cc(OC)c1OC. The average molecular weight is 289 g/mol. The molecular weight excluding hydrogens is 270 g/mol. The van der Waals surface area contributed by atoms with Gasteiger partial charge in [0, 0.05) is 35.8 Å². The van der Waals surface area contributed by atoms with Gasteiger partial charge in [0.1, 0.15) is 5.82 Å². The summed E-state index contributed by atoms with van der Waals surface area (Å²) in [5.41, 5.74) is 8.26. The first kappa shape index (κ1) is 14.8. The zero-order valence-corrected chi connectivity index (χ0v) is 12.6. The van der Waals surface area contributed by atoms with Gasteiger partial charge in [0.05, 0.1) is 21.3 Å². The van der Waals surface area contributed by atoms with Gasteiger partial charge in [0.15, 0.2) is 11.5 Å². The Morgan fingerprint density at radius 1 is 1.00 bits per heavy atom. The van der Waals surface area contributed by atoms with E-state index in [2.05, 4.69) is 10.3 Å². The van der Waals surface area contributed by atoms with Crippen molar-refractivity contribution >= 4 is 17.2 Å². The maximum absolute atomic E-state index is 5.88. The molecule has 0 aliphatic rings. The van der Waals surface area contributed by atoms with Gasteiger partial charge < -0.3 is 25.3 Å². The van der Waals surface area contributed by atoms with Gasteiger partial charge in [0.25, 0.3) is 0 Å². The van der Waals surface area contributed by atoms with Crippen LogP contribution in [0.4, 0.5) is 17.2 Å². The molecule has 1 heterocycles. The first-order valence-electron chi connectivity index (χ1n) is 6.38. The van der Waals surface area contributed by atoms with Crippen molar-refractivity contribution in [3.8, 4) is 17.2 Å². The van der Waals surface area contributed by atoms with E-state index in [1.54, 1.807) is 45.7 Å². The van der Waals surface area contributed by atoms with Crippen LogP contribution in [0.25, 0.3) is 0 Å². The number of nitrogen functional groups attached to an aromatic ring is 1. The molecule has 0 bridgehead atoms. The predicted octanol–water partition coefficient (Wildman–Crippen LogP) is 2.74. The fraction of sp³-hybridized carbons (Fsp3) is 0.267. The zero-order chi connectivity index (χ0) is 15.4. The fourth-order valence-electron chi connectivity index (χ4n) is 1.91. The lowest BCUT2D eigenvalue weighted by Crippen LogP contribution is -2.00. The molecular formula is C15H19N3O3. The van der Waals surface area contributed by atoms with Crippen molar-refractivity contribution in [2.45, 2.75) is 6.92 Å². The van der Waals surface area contributed by atoms with E-state index < -0.39 is 0 Å². The van der Waals surface area contributed by atoms with Crippen LogP contribution in [0.3, 0.4) is 0 Å². The molecule has 2 rings (SSSR count). The third-order valence-electron chi connectivity index (χ3n) is 3.08. The summed E-state index contributed by atoms with van der Waals surface area (Å²) in [5, 5.41) is 3.17. The van der Waals surface area contributed by atoms with Gasteiger partial charge in [-0.1, -0.05) is 0 Å². The average Bonchev–Trinajstić information content (AvgIpc) is 2.49. The van der Waals surface area contributed by atoms with Crippen LogP contribution in [0, 0.1) is 6.92 Å². The monoisotopic (exact) mass is 289 g/mol. The van der Waals surface area contributed by atoms with Crippen LogP contribution in [-0.4, -0.2) is 26.3 Å². The van der Waals surface area contributed by atoms with Crippen LogP contribution in [0.1, 0.15) is 5.56 Å². The summed E-state index contributed by atoms with van der Waals surface area (Å²) in [4.78, 5) is 4.28. The van der Waals surface area contributed by atoms with Gasteiger partial charge in [-0.2, -0.15) is 0 Å². The van der Waals surface area contributed by atoms with E-state index in [9.17, 15) is 0 Å². The van der Waals surface area contributed by atoms with Crippen LogP contribution in [0.5, 0.6) is 17.2 Å². The highest BCUT2D eigenvalue weighted by Crippen LogP contribution is 2.40. The summed E-state index contributed by atoms with van der Waals surface area (Å²) in [6.45, 7) is 1.91. The van der Waals surface area contributed by atoms with Gasteiger partial charge >= 0.3 is 0 Å². The van der Waals surface area contributed by atoms with E-state index in [0.29, 0.717) is 28.8 Å². The lowest BCUT2D eigenvalue weighted by molar-refractivity contribution is 0.324. The van der Waals surface area contributed by atoms with Gasteiger partial charge in [-0.3, -0.25) is 0 Å². The molecule has 0 saturated carbocycles. The third-order valence-corrected chi connectivity index (χ3v) is 3.08. The van der Waals surface area contributed by atoms with E-state index in [0.717, 1.165) is 11.3 Å². The summed E-state index contributed by atoms with van der Waals surface area (Å²) in [6.07, 6.45) is 1.72. The number of aromatic nitrogens is 1. The number of hydrogen-bond acceptors (Lipinski definition) is 6. The molecule has 21 heavy (non-hydrogen) atoms. The highest BCUT2D eigenvalue weighted by molar-refractivity contribution is 5.68. The standard InChI is InChI=1S/C15H19N3O3/c1-9-8-17-14(7-11(9)16)18-10-5-12(19-2)15(21-4)13(6-10)20-3/h5-8H,1-4H3,(H3,16,17,18). The van der Waals surface area contributed by atoms with Crippen LogP contribution in [0.2, 0.25) is 0 Å². The minimum Gasteiger partial charge on any atom is -0.493 e. The molecule has 6 heteroatoms. The molecule has 3 N–H and O–H groups in total. The highest BCUT2D eigenvalue weighted by Gasteiger charge is 2.13. The number of ether oxygens (including phenoxy) is 3. The van der Waals surface area contributed by atoms with Crippen molar-refractivity contribution in [3.05, 3.63) is 30.0 Å². The number of pyridine rings is 1. The van der Waals surface area contributed by atoms with Crippen molar-refractivity contribution in [1.82, 2.24) is 4.98 Å². The smallest absolute Gasteiger partial charge is 0.203 e. The van der Waals surface area contributed by atoms with Crippen molar-refractivity contribution in [2.75, 3.05) is 32.4 Å². The number of nitrogens with zero attached hydrogens (tertiary/aromatic N) is 1. The van der Waals surface area contributed by atoms with E-state index in [1.165, 1.54) is 0 Å². The topological polar surface area (TPSA) is 78.6 Å². The molecule has 0 atom stereocenters. The first-order chi connectivity index (χ1) is 10.1. The number of methoxy groups -OCH3 is 3. The Balaban J connectivity index is 2.37. The van der Waals surface area contributed by atoms with Gasteiger partial charge in [-0.05, 0) is 12.5 Å². The molecule has 112 valence electrons. The Hall–Kier alpha value is -2.63. The number of aryl methyl sites for hydroxylation is 1. The number of rotatable bonds is 5. The van der Waals surface area contributed by atoms with Crippen LogP contribution in [-0.2, 0) is 0 Å². The molecule has 0 radical (unpaired) electrons. The normalized spacial score (nSPS) is 10.1. The molecule has 0 saturated heterocycles. The van der Waals surface area contributed by atoms with Crippen molar-refractivity contribution in [1.29, 1.82) is 0 Å². The Kier molecular flexibility index (Phi) is 4.37. The second kappa shape index (κ2) is 6.21. The quantitative estimate of drug-likeness (QED) is 0.881. The molecule has 2 aromatic rings. The molecule has 0 aliphatic carbocycles. The summed E-state index contributed by atoms with van der Waals surface area (Å²) < 4.78 is 15.9. The second-order valence-corrected chi connectivity index (χ2v) is 4.47. The molecule has 0 unspecified atom stereocenters. The maximum Gasteiger partial charge on any atom is 0.203 e. The fourth-order valence-corrected chi connectivity index (χ4v) is 1.91. The highest BCUT2D eigenvalue weighted by atomic mass is 16.5. The van der Waals surface area contributed by atoms with Gasteiger partial charge in [-0.15, -0.1) is 0 Å². The number of hydrogen-bond donors (Lipinski definition) is 2. The predicted molar refractivity (Wildman–Crippen MR) is 82.8 cm³/mol. The Bertz CT molecular complexity index is 619. The minimum atomic E-state index is 0.543. The minimum absolute atomic E-state index is 0.543. The Morgan fingerprint density at radius 2 is 1.62 bits per heavy atom. The molecule has 1 aromatic carbocycles.